The van der Waals surface area contributed by atoms with Crippen LogP contribution in [-0.4, -0.2) is 11.2 Å². The Bertz CT molecular complexity index is 165. The highest BCUT2D eigenvalue weighted by atomic mass is 16.3. The Morgan fingerprint density at radius 3 is 2.73 bits per heavy atom. The predicted molar refractivity (Wildman–Crippen MR) is 65.9 cm³/mol. The molecule has 0 spiro atoms. The molecule has 1 nitrogen and oxygen atoms in total. The molecule has 0 aromatic rings. The lowest BCUT2D eigenvalue weighted by Gasteiger charge is -2.15. The smallest absolute Gasteiger partial charge is 0.0542 e. The molecule has 1 fully saturated rings. The highest BCUT2D eigenvalue weighted by molar-refractivity contribution is 4.71. The van der Waals surface area contributed by atoms with Crippen LogP contribution in [0.4, 0.5) is 0 Å². The van der Waals surface area contributed by atoms with Crippen molar-refractivity contribution in [3.05, 3.63) is 12.7 Å². The first-order valence-corrected chi connectivity index (χ1v) is 6.62. The molecule has 1 saturated carbocycles. The third-order valence-corrected chi connectivity index (χ3v) is 3.53. The zero-order chi connectivity index (χ0) is 10.9. The van der Waals surface area contributed by atoms with E-state index in [0.717, 1.165) is 25.2 Å². The van der Waals surface area contributed by atoms with Gasteiger partial charge in [0.1, 0.15) is 0 Å². The lowest BCUT2D eigenvalue weighted by molar-refractivity contribution is 0.138. The van der Waals surface area contributed by atoms with Crippen molar-refractivity contribution < 1.29 is 5.11 Å². The van der Waals surface area contributed by atoms with Crippen molar-refractivity contribution in [2.24, 2.45) is 5.92 Å². The maximum atomic E-state index is 9.69. The Morgan fingerprint density at radius 1 is 1.13 bits per heavy atom. The minimum absolute atomic E-state index is 0.00863. The average molecular weight is 210 g/mol. The quantitative estimate of drug-likeness (QED) is 0.398. The Balaban J connectivity index is 2.05. The largest absolute Gasteiger partial charge is 0.393 e. The van der Waals surface area contributed by atoms with Gasteiger partial charge in [-0.3, -0.25) is 0 Å². The van der Waals surface area contributed by atoms with Gasteiger partial charge in [0.15, 0.2) is 0 Å². The molecular weight excluding hydrogens is 184 g/mol. The number of hydrogen-bond donors (Lipinski definition) is 1. The molecule has 1 N–H and O–H groups in total. The molecule has 2 atom stereocenters. The maximum Gasteiger partial charge on any atom is 0.0542 e. The monoisotopic (exact) mass is 210 g/mol. The standard InChI is InChI=1S/C14H26O/c1-2-3-4-5-6-9-13-10-7-8-11-14(15)12-13/h2,13-15H,1,3-12H2. The molecule has 0 amide bonds. The van der Waals surface area contributed by atoms with E-state index in [1.54, 1.807) is 0 Å². The summed E-state index contributed by atoms with van der Waals surface area (Å²) in [5.74, 6) is 0.797. The molecular formula is C14H26O. The highest BCUT2D eigenvalue weighted by Gasteiger charge is 2.17. The van der Waals surface area contributed by atoms with E-state index in [-0.39, 0.29) is 6.10 Å². The molecule has 15 heavy (non-hydrogen) atoms. The zero-order valence-corrected chi connectivity index (χ0v) is 9.96. The second-order valence-corrected chi connectivity index (χ2v) is 4.97. The van der Waals surface area contributed by atoms with E-state index in [9.17, 15) is 5.11 Å². The van der Waals surface area contributed by atoms with Crippen molar-refractivity contribution in [2.45, 2.75) is 70.3 Å². The molecule has 1 aliphatic rings. The number of hydrogen-bond acceptors (Lipinski definition) is 1. The fraction of sp³-hybridized carbons (Fsp3) is 0.857. The Labute approximate surface area is 94.6 Å². The van der Waals surface area contributed by atoms with Crippen LogP contribution in [0.15, 0.2) is 12.7 Å². The van der Waals surface area contributed by atoms with E-state index < -0.39 is 0 Å². The molecule has 0 radical (unpaired) electrons. The summed E-state index contributed by atoms with van der Waals surface area (Å²) < 4.78 is 0. The summed E-state index contributed by atoms with van der Waals surface area (Å²) in [4.78, 5) is 0. The van der Waals surface area contributed by atoms with Gasteiger partial charge in [-0.2, -0.15) is 0 Å². The minimum Gasteiger partial charge on any atom is -0.393 e. The fourth-order valence-electron chi connectivity index (χ4n) is 2.59. The molecule has 1 heteroatoms. The third kappa shape index (κ3) is 5.99. The van der Waals surface area contributed by atoms with Crippen molar-refractivity contribution in [3.8, 4) is 0 Å². The number of allylic oxidation sites excluding steroid dienone is 1. The van der Waals surface area contributed by atoms with Crippen LogP contribution in [-0.2, 0) is 0 Å². The van der Waals surface area contributed by atoms with E-state index >= 15 is 0 Å². The van der Waals surface area contributed by atoms with Crippen molar-refractivity contribution in [2.75, 3.05) is 0 Å². The first kappa shape index (κ1) is 12.8. The SMILES string of the molecule is C=CCCCCCC1CCCCC(O)C1. The van der Waals surface area contributed by atoms with Gasteiger partial charge in [0.05, 0.1) is 6.10 Å². The summed E-state index contributed by atoms with van der Waals surface area (Å²) in [6.07, 6.45) is 14.4. The number of aliphatic hydroxyl groups excluding tert-OH is 1. The summed E-state index contributed by atoms with van der Waals surface area (Å²) in [7, 11) is 0. The van der Waals surface area contributed by atoms with E-state index in [1.165, 1.54) is 44.9 Å². The topological polar surface area (TPSA) is 20.2 Å². The zero-order valence-electron chi connectivity index (χ0n) is 9.96. The van der Waals surface area contributed by atoms with Gasteiger partial charge in [0.2, 0.25) is 0 Å². The summed E-state index contributed by atoms with van der Waals surface area (Å²) in [6.45, 7) is 3.74. The third-order valence-electron chi connectivity index (χ3n) is 3.53. The number of rotatable bonds is 6. The average Bonchev–Trinajstić information content (AvgIpc) is 2.43. The number of unbranched alkanes of at least 4 members (excludes halogenated alkanes) is 3. The Kier molecular flexibility index (Phi) is 6.74. The Hall–Kier alpha value is -0.300. The molecule has 0 aliphatic heterocycles. The van der Waals surface area contributed by atoms with Crippen LogP contribution in [0.1, 0.15) is 64.2 Å². The van der Waals surface area contributed by atoms with Gasteiger partial charge in [0.25, 0.3) is 0 Å². The van der Waals surface area contributed by atoms with Gasteiger partial charge in [-0.1, -0.05) is 44.6 Å². The molecule has 0 aromatic heterocycles. The van der Waals surface area contributed by atoms with Crippen LogP contribution >= 0.6 is 0 Å². The van der Waals surface area contributed by atoms with Crippen LogP contribution in [0.25, 0.3) is 0 Å². The van der Waals surface area contributed by atoms with Crippen molar-refractivity contribution in [1.29, 1.82) is 0 Å². The predicted octanol–water partition coefficient (Wildman–Crippen LogP) is 4.06. The van der Waals surface area contributed by atoms with E-state index in [2.05, 4.69) is 6.58 Å². The first-order chi connectivity index (χ1) is 7.33. The van der Waals surface area contributed by atoms with Gasteiger partial charge < -0.3 is 5.11 Å². The van der Waals surface area contributed by atoms with E-state index in [4.69, 9.17) is 0 Å². The molecule has 2 unspecified atom stereocenters. The maximum absolute atomic E-state index is 9.69. The second kappa shape index (κ2) is 7.92. The van der Waals surface area contributed by atoms with Gasteiger partial charge in [-0.25, -0.2) is 0 Å². The summed E-state index contributed by atoms with van der Waals surface area (Å²) >= 11 is 0. The van der Waals surface area contributed by atoms with Crippen molar-refractivity contribution >= 4 is 0 Å². The normalized spacial score (nSPS) is 27.3. The number of aliphatic hydroxyl groups is 1. The minimum atomic E-state index is -0.00863. The molecule has 0 aromatic carbocycles. The molecule has 1 aliphatic carbocycles. The molecule has 88 valence electrons. The van der Waals surface area contributed by atoms with Crippen LogP contribution in [0.2, 0.25) is 0 Å². The van der Waals surface area contributed by atoms with E-state index in [0.29, 0.717) is 0 Å². The van der Waals surface area contributed by atoms with Crippen molar-refractivity contribution in [3.63, 3.8) is 0 Å². The lowest BCUT2D eigenvalue weighted by Crippen LogP contribution is -2.10. The lowest BCUT2D eigenvalue weighted by atomic mass is 9.93. The highest BCUT2D eigenvalue weighted by Crippen LogP contribution is 2.27. The van der Waals surface area contributed by atoms with Crippen LogP contribution in [0.5, 0.6) is 0 Å². The van der Waals surface area contributed by atoms with Crippen LogP contribution in [0, 0.1) is 5.92 Å². The fourth-order valence-corrected chi connectivity index (χ4v) is 2.59. The summed E-state index contributed by atoms with van der Waals surface area (Å²) in [5.41, 5.74) is 0. The van der Waals surface area contributed by atoms with Gasteiger partial charge in [0, 0.05) is 0 Å². The van der Waals surface area contributed by atoms with Crippen LogP contribution in [0.3, 0.4) is 0 Å². The first-order valence-electron chi connectivity index (χ1n) is 6.62. The Morgan fingerprint density at radius 2 is 1.93 bits per heavy atom. The van der Waals surface area contributed by atoms with Crippen LogP contribution < -0.4 is 0 Å². The second-order valence-electron chi connectivity index (χ2n) is 4.97. The molecule has 0 bridgehead atoms. The molecule has 0 heterocycles. The van der Waals surface area contributed by atoms with Crippen molar-refractivity contribution in [1.82, 2.24) is 0 Å². The van der Waals surface area contributed by atoms with Gasteiger partial charge >= 0.3 is 0 Å². The summed E-state index contributed by atoms with van der Waals surface area (Å²) in [6, 6.07) is 0. The van der Waals surface area contributed by atoms with Gasteiger partial charge in [-0.15, -0.1) is 6.58 Å². The van der Waals surface area contributed by atoms with Gasteiger partial charge in [-0.05, 0) is 31.6 Å². The molecule has 0 saturated heterocycles. The van der Waals surface area contributed by atoms with E-state index in [1.807, 2.05) is 6.08 Å². The summed E-state index contributed by atoms with van der Waals surface area (Å²) in [5, 5.41) is 9.69. The molecule has 1 rings (SSSR count).